The molecule has 0 bridgehead atoms. The van der Waals surface area contributed by atoms with Crippen molar-refractivity contribution < 1.29 is 53.1 Å². The molecule has 15 heteroatoms. The molecule has 14 nitrogen and oxygen atoms in total. The van der Waals surface area contributed by atoms with Crippen molar-refractivity contribution in [2.24, 2.45) is 28.6 Å². The third-order valence-corrected chi connectivity index (χ3v) is 15.0. The molecule has 0 aliphatic heterocycles. The molecule has 0 amide bonds. The van der Waals surface area contributed by atoms with Crippen molar-refractivity contribution in [3.63, 3.8) is 0 Å². The zero-order valence-electron chi connectivity index (χ0n) is 39.4. The molecule has 4 aliphatic rings. The Morgan fingerprint density at radius 3 is 2.46 bits per heavy atom. The van der Waals surface area contributed by atoms with Crippen molar-refractivity contribution in [3.8, 4) is 11.6 Å². The average Bonchev–Trinajstić information content (AvgIpc) is 3.99. The smallest absolute Gasteiger partial charge is 0.344 e. The summed E-state index contributed by atoms with van der Waals surface area (Å²) < 4.78 is 24.1. The molecule has 3 saturated carbocycles. The molecule has 364 valence electrons. The van der Waals surface area contributed by atoms with E-state index in [1.165, 1.54) is 6.92 Å². The molecule has 2 heterocycles. The first-order valence-corrected chi connectivity index (χ1v) is 23.5. The van der Waals surface area contributed by atoms with Crippen LogP contribution in [0.4, 0.5) is 0 Å². The summed E-state index contributed by atoms with van der Waals surface area (Å²) in [6, 6.07) is 25.0. The van der Waals surface area contributed by atoms with Crippen LogP contribution in [-0.4, -0.2) is 98.6 Å². The van der Waals surface area contributed by atoms with Gasteiger partial charge in [-0.1, -0.05) is 87.9 Å². The maximum atomic E-state index is 13.6. The van der Waals surface area contributed by atoms with Gasteiger partial charge in [0.05, 0.1) is 23.6 Å². The molecule has 0 saturated heterocycles. The Bertz CT molecular complexity index is 2660. The van der Waals surface area contributed by atoms with E-state index in [0.717, 1.165) is 46.7 Å². The maximum Gasteiger partial charge on any atom is 0.344 e. The number of Topliss-reactive ketones (excluding diaryl/α,β-unsaturated/α-hetero) is 2. The number of para-hydroxylation sites is 2. The number of fused-ring (bicyclic) bond motifs is 7. The van der Waals surface area contributed by atoms with Gasteiger partial charge in [-0.15, -0.1) is 17.5 Å². The Kier molecular flexibility index (Phi) is 15.4. The third kappa shape index (κ3) is 10.0. The van der Waals surface area contributed by atoms with E-state index in [1.54, 1.807) is 18.2 Å². The predicted octanol–water partition coefficient (Wildman–Crippen LogP) is 7.60. The van der Waals surface area contributed by atoms with Crippen LogP contribution < -0.4 is 14.8 Å². The zero-order chi connectivity index (χ0) is 47.7. The average molecular weight is 955 g/mol. The highest BCUT2D eigenvalue weighted by molar-refractivity contribution is 5.97. The molecule has 4 aliphatic carbocycles. The van der Waals surface area contributed by atoms with Crippen molar-refractivity contribution in [1.82, 2.24) is 15.1 Å². The van der Waals surface area contributed by atoms with Crippen molar-refractivity contribution >= 4 is 57.6 Å². The number of nitrogens with one attached hydrogen (secondary N) is 1. The van der Waals surface area contributed by atoms with Gasteiger partial charge >= 0.3 is 5.97 Å². The number of ether oxygens (including phenoxy) is 3. The summed E-state index contributed by atoms with van der Waals surface area (Å²) in [6.45, 7) is 9.74. The van der Waals surface area contributed by atoms with Gasteiger partial charge in [-0.3, -0.25) is 19.1 Å². The Morgan fingerprint density at radius 2 is 1.71 bits per heavy atom. The van der Waals surface area contributed by atoms with E-state index < -0.39 is 48.2 Å². The van der Waals surface area contributed by atoms with E-state index in [9.17, 15) is 34.5 Å². The molecule has 0 radical (unpaired) electrons. The summed E-state index contributed by atoms with van der Waals surface area (Å²) >= 11 is 0. The number of benzene rings is 3. The lowest BCUT2D eigenvalue weighted by molar-refractivity contribution is -0.184. The maximum absolute atomic E-state index is 13.6. The van der Waals surface area contributed by atoms with E-state index in [-0.39, 0.29) is 66.6 Å². The number of carbonyl (C=O) groups excluding carboxylic acids is 4. The molecule has 3 aromatic carbocycles. The van der Waals surface area contributed by atoms with E-state index in [2.05, 4.69) is 17.3 Å². The molecular formula is C53H64ClN3O11. The molecular weight excluding hydrogens is 890 g/mol. The Morgan fingerprint density at radius 1 is 0.956 bits per heavy atom. The Hall–Kier alpha value is -5.38. The highest BCUT2D eigenvalue weighted by atomic mass is 35.5. The summed E-state index contributed by atoms with van der Waals surface area (Å²) in [6.07, 6.45) is 4.53. The normalized spacial score (nSPS) is 26.6. The quantitative estimate of drug-likeness (QED) is 0.0591. The number of halogens is 1. The molecule has 3 fully saturated rings. The summed E-state index contributed by atoms with van der Waals surface area (Å²) in [4.78, 5) is 50.0. The van der Waals surface area contributed by atoms with Gasteiger partial charge in [0, 0.05) is 36.7 Å². The van der Waals surface area contributed by atoms with E-state index >= 15 is 0 Å². The fourth-order valence-electron chi connectivity index (χ4n) is 11.6. The molecule has 8 atom stereocenters. The molecule has 4 N–H and O–H groups in total. The first-order valence-electron chi connectivity index (χ1n) is 23.5. The summed E-state index contributed by atoms with van der Waals surface area (Å²) in [5.74, 6) is 0.0686. The topological polar surface area (TPSA) is 200 Å². The second-order valence-electron chi connectivity index (χ2n) is 19.7. The minimum atomic E-state index is -1.71. The third-order valence-electron chi connectivity index (χ3n) is 15.0. The van der Waals surface area contributed by atoms with Crippen LogP contribution in [0.3, 0.4) is 0 Å². The van der Waals surface area contributed by atoms with Gasteiger partial charge in [0.1, 0.15) is 18.3 Å². The second-order valence-corrected chi connectivity index (χ2v) is 19.7. The summed E-state index contributed by atoms with van der Waals surface area (Å²) in [5.41, 5.74) is 0.807. The van der Waals surface area contributed by atoms with E-state index in [1.807, 2.05) is 92.2 Å². The van der Waals surface area contributed by atoms with Crippen molar-refractivity contribution in [2.45, 2.75) is 110 Å². The van der Waals surface area contributed by atoms with Crippen molar-refractivity contribution in [1.29, 1.82) is 0 Å². The van der Waals surface area contributed by atoms with E-state index in [0.29, 0.717) is 54.9 Å². The molecule has 5 aromatic rings. The van der Waals surface area contributed by atoms with Gasteiger partial charge in [-0.25, -0.2) is 4.79 Å². The summed E-state index contributed by atoms with van der Waals surface area (Å²) in [5, 5.41) is 42.7. The van der Waals surface area contributed by atoms with Crippen LogP contribution in [0.15, 0.2) is 94.9 Å². The van der Waals surface area contributed by atoms with Gasteiger partial charge in [0.15, 0.2) is 41.9 Å². The summed E-state index contributed by atoms with van der Waals surface area (Å²) in [7, 11) is 0. The predicted molar refractivity (Wildman–Crippen MR) is 258 cm³/mol. The number of hydrogen-bond donors (Lipinski definition) is 4. The number of nitrogens with zero attached hydrogens (tertiary/aromatic N) is 2. The van der Waals surface area contributed by atoms with Crippen LogP contribution in [-0.2, 0) is 25.7 Å². The van der Waals surface area contributed by atoms with Crippen LogP contribution in [0.25, 0.3) is 21.9 Å². The van der Waals surface area contributed by atoms with Crippen molar-refractivity contribution in [3.05, 3.63) is 102 Å². The number of esters is 1. The van der Waals surface area contributed by atoms with Gasteiger partial charge in [-0.05, 0) is 97.6 Å². The van der Waals surface area contributed by atoms with Gasteiger partial charge in [0.2, 0.25) is 11.7 Å². The lowest BCUT2D eigenvalue weighted by atomic mass is 9.45. The zero-order valence-corrected chi connectivity index (χ0v) is 40.3. The fraction of sp³-hybridized carbons (Fsp3) is 0.491. The van der Waals surface area contributed by atoms with Crippen molar-refractivity contribution in [2.75, 3.05) is 26.4 Å². The Balaban J connectivity index is 0.000000262. The van der Waals surface area contributed by atoms with Gasteiger partial charge < -0.3 is 39.3 Å². The fourth-order valence-corrected chi connectivity index (χ4v) is 11.6. The van der Waals surface area contributed by atoms with Crippen LogP contribution in [0.1, 0.15) is 95.7 Å². The van der Waals surface area contributed by atoms with Gasteiger partial charge in [-0.2, -0.15) is 0 Å². The molecule has 9 rings (SSSR count). The number of rotatable bonds is 15. The minimum Gasteiger partial charge on any atom is -0.487 e. The number of aliphatic hydroxyl groups is 3. The number of carbonyl (C=O) groups is 4. The molecule has 0 spiro atoms. The number of aromatic nitrogens is 2. The number of aliphatic hydroxyl groups excluding tert-OH is 2. The largest absolute Gasteiger partial charge is 0.487 e. The van der Waals surface area contributed by atoms with Crippen LogP contribution in [0.5, 0.6) is 11.6 Å². The molecule has 1 unspecified atom stereocenters. The first kappa shape index (κ1) is 50.5. The number of ketones is 3. The first-order chi connectivity index (χ1) is 32.0. The second kappa shape index (κ2) is 20.7. The molecule has 68 heavy (non-hydrogen) atoms. The Labute approximate surface area is 402 Å². The van der Waals surface area contributed by atoms with E-state index in [4.69, 9.17) is 18.6 Å². The lowest BCUT2D eigenvalue weighted by Gasteiger charge is -2.60. The SMILES string of the molecule is CC(=O)c1cc2cccc(OCC(O)CNC(C)C)c2o1.C[C@]12CCC(=O)C=C1CC[C@@H]1[C@@H]2[C@@H](O)C[C@@]2(C)[C@H]1CC[C@]2(O)C(=O)COC(=O)COc1nn(Cc2ccccc2)c2ccccc12.Cl. The van der Waals surface area contributed by atoms with Crippen LogP contribution in [0.2, 0.25) is 0 Å². The molecule has 2 aromatic heterocycles. The number of allylic oxidation sites excluding steroid dienone is 1. The van der Waals surface area contributed by atoms with Gasteiger partial charge in [0.25, 0.3) is 0 Å². The highest BCUT2D eigenvalue weighted by Crippen LogP contribution is 2.67. The highest BCUT2D eigenvalue weighted by Gasteiger charge is 2.68. The monoisotopic (exact) mass is 953 g/mol. The standard InChI is InChI=1S/C37H42N2O7.C16H21NO4.ClH/c1-35-16-14-25(40)18-24(35)12-13-26-28-15-17-37(44,36(28,2)19-30(41)33(26)35)31(42)21-45-32(43)22-46-34-27-10-6-7-11-29(27)39(38-34)20-23-8-4-3-5-9-23;1-10(2)17-8-13(19)9-20-14-6-4-5-12-7-15(11(3)18)21-16(12)14;/h3-11,18,26,28,30,33,41,44H,12-17,19-22H2,1-2H3;4-7,10,13,17,19H,8-9H2,1-3H3;1H/t26-,28-,30-,33+,35-,36-,37-;;/m0../s1. The number of furan rings is 1. The van der Waals surface area contributed by atoms with Crippen LogP contribution >= 0.6 is 12.4 Å². The number of hydrogen-bond acceptors (Lipinski definition) is 13. The lowest BCUT2D eigenvalue weighted by Crippen LogP contribution is -2.62. The minimum absolute atomic E-state index is 0. The van der Waals surface area contributed by atoms with Crippen LogP contribution in [0, 0.1) is 28.6 Å².